The third-order valence-corrected chi connectivity index (χ3v) is 1.87. The van der Waals surface area contributed by atoms with Crippen molar-refractivity contribution in [3.63, 3.8) is 0 Å². The molecule has 4 nitrogen and oxygen atoms in total. The van der Waals surface area contributed by atoms with Crippen LogP contribution < -0.4 is 15.4 Å². The van der Waals surface area contributed by atoms with Crippen molar-refractivity contribution < 1.29 is 22.7 Å². The summed E-state index contributed by atoms with van der Waals surface area (Å²) in [4.78, 5) is 11.2. The number of nitrogens with one attached hydrogen (secondary N) is 2. The summed E-state index contributed by atoms with van der Waals surface area (Å²) < 4.78 is 40.3. The van der Waals surface area contributed by atoms with Crippen LogP contribution in [0.15, 0.2) is 30.3 Å². The van der Waals surface area contributed by atoms with E-state index in [1.807, 2.05) is 10.6 Å². The second-order valence-electron chi connectivity index (χ2n) is 3.13. The third kappa shape index (κ3) is 6.04. The van der Waals surface area contributed by atoms with Crippen molar-refractivity contribution in [3.05, 3.63) is 30.3 Å². The van der Waals surface area contributed by atoms with Crippen molar-refractivity contribution in [1.82, 2.24) is 10.6 Å². The number of alkyl halides is 3. The van der Waals surface area contributed by atoms with E-state index < -0.39 is 23.9 Å². The summed E-state index contributed by atoms with van der Waals surface area (Å²) in [5.74, 6) is 0.258. The van der Waals surface area contributed by atoms with E-state index >= 15 is 0 Å². The van der Waals surface area contributed by atoms with E-state index in [2.05, 4.69) is 12.2 Å². The molecule has 0 aliphatic heterocycles. The first-order chi connectivity index (χ1) is 8.37. The third-order valence-electron chi connectivity index (χ3n) is 1.62. The van der Waals surface area contributed by atoms with Gasteiger partial charge in [0.05, 0.1) is 0 Å². The molecule has 0 saturated heterocycles. The number of ether oxygens (including phenoxy) is 1. The van der Waals surface area contributed by atoms with Crippen LogP contribution in [0.3, 0.4) is 0 Å². The van der Waals surface area contributed by atoms with Gasteiger partial charge in [0.15, 0.2) is 5.11 Å². The van der Waals surface area contributed by atoms with Gasteiger partial charge in [-0.2, -0.15) is 13.2 Å². The fourth-order valence-corrected chi connectivity index (χ4v) is 1.09. The predicted octanol–water partition coefficient (Wildman–Crippen LogP) is 2.21. The number of halogens is 3. The maximum absolute atomic E-state index is 11.8. The molecule has 0 radical (unpaired) electrons. The Hall–Kier alpha value is -1.83. The minimum atomic E-state index is -4.41. The zero-order valence-electron chi connectivity index (χ0n) is 8.95. The molecule has 1 aromatic rings. The maximum atomic E-state index is 11.8. The standard InChI is InChI=1S/C10H9F3N2O2S/c11-10(12,13)6-14-8(18)15-9(16)17-7-4-2-1-3-5-7/h1-5H,6H2,(H2,14,15,16,18). The average molecular weight is 278 g/mol. The van der Waals surface area contributed by atoms with Gasteiger partial charge in [-0.1, -0.05) is 18.2 Å². The Morgan fingerprint density at radius 2 is 1.89 bits per heavy atom. The first-order valence-corrected chi connectivity index (χ1v) is 5.16. The highest BCUT2D eigenvalue weighted by Crippen LogP contribution is 2.12. The van der Waals surface area contributed by atoms with Crippen LogP contribution in [-0.4, -0.2) is 23.9 Å². The zero-order valence-corrected chi connectivity index (χ0v) is 9.77. The van der Waals surface area contributed by atoms with E-state index in [-0.39, 0.29) is 5.75 Å². The molecule has 0 bridgehead atoms. The van der Waals surface area contributed by atoms with Crippen molar-refractivity contribution in [3.8, 4) is 5.75 Å². The Labute approximate surface area is 106 Å². The van der Waals surface area contributed by atoms with Crippen molar-refractivity contribution in [2.45, 2.75) is 6.18 Å². The van der Waals surface area contributed by atoms with Crippen LogP contribution in [-0.2, 0) is 0 Å². The summed E-state index contributed by atoms with van der Waals surface area (Å²) in [6.07, 6.45) is -5.37. The van der Waals surface area contributed by atoms with Gasteiger partial charge >= 0.3 is 12.3 Å². The number of rotatable bonds is 2. The van der Waals surface area contributed by atoms with Crippen LogP contribution in [0.25, 0.3) is 0 Å². The molecule has 2 N–H and O–H groups in total. The quantitative estimate of drug-likeness (QED) is 0.814. The highest BCUT2D eigenvalue weighted by Gasteiger charge is 2.27. The fourth-order valence-electron chi connectivity index (χ4n) is 0.938. The highest BCUT2D eigenvalue weighted by molar-refractivity contribution is 7.80. The predicted molar refractivity (Wildman–Crippen MR) is 62.3 cm³/mol. The summed E-state index contributed by atoms with van der Waals surface area (Å²) in [6, 6.07) is 8.05. The number of carbonyl (C=O) groups excluding carboxylic acids is 1. The first-order valence-electron chi connectivity index (χ1n) is 4.75. The fraction of sp³-hybridized carbons (Fsp3) is 0.200. The number of carbonyl (C=O) groups is 1. The van der Waals surface area contributed by atoms with E-state index in [1.165, 1.54) is 12.1 Å². The molecule has 0 spiro atoms. The lowest BCUT2D eigenvalue weighted by atomic mass is 10.3. The minimum Gasteiger partial charge on any atom is -0.410 e. The van der Waals surface area contributed by atoms with Crippen LogP contribution in [0.2, 0.25) is 0 Å². The van der Waals surface area contributed by atoms with Crippen molar-refractivity contribution >= 4 is 23.4 Å². The number of thiocarbonyl (C=S) groups is 1. The number of amides is 1. The Morgan fingerprint density at radius 3 is 2.44 bits per heavy atom. The molecule has 18 heavy (non-hydrogen) atoms. The summed E-state index contributed by atoms with van der Waals surface area (Å²) >= 11 is 4.49. The molecule has 0 unspecified atom stereocenters. The van der Waals surface area contributed by atoms with E-state index in [0.29, 0.717) is 0 Å². The monoisotopic (exact) mass is 278 g/mol. The summed E-state index contributed by atoms with van der Waals surface area (Å²) in [5, 5.41) is 3.34. The summed E-state index contributed by atoms with van der Waals surface area (Å²) in [5.41, 5.74) is 0. The van der Waals surface area contributed by atoms with Gasteiger partial charge < -0.3 is 10.1 Å². The van der Waals surface area contributed by atoms with Gasteiger partial charge in [0, 0.05) is 0 Å². The Bertz CT molecular complexity index is 423. The molecule has 0 aromatic heterocycles. The SMILES string of the molecule is O=C(NC(=S)NCC(F)(F)F)Oc1ccccc1. The molecular weight excluding hydrogens is 269 g/mol. The van der Waals surface area contributed by atoms with E-state index in [0.717, 1.165) is 0 Å². The number of benzene rings is 1. The molecule has 0 aliphatic rings. The Kier molecular flexibility index (Phi) is 4.90. The molecular formula is C10H9F3N2O2S. The minimum absolute atomic E-state index is 0.258. The highest BCUT2D eigenvalue weighted by atomic mass is 32.1. The van der Waals surface area contributed by atoms with E-state index in [4.69, 9.17) is 4.74 Å². The largest absolute Gasteiger partial charge is 0.418 e. The van der Waals surface area contributed by atoms with Crippen LogP contribution in [0, 0.1) is 0 Å². The molecule has 0 heterocycles. The van der Waals surface area contributed by atoms with Gasteiger partial charge in [-0.3, -0.25) is 5.32 Å². The lowest BCUT2D eigenvalue weighted by Gasteiger charge is -2.11. The average Bonchev–Trinajstić information content (AvgIpc) is 2.26. The number of hydrogen-bond donors (Lipinski definition) is 2. The first kappa shape index (κ1) is 14.2. The normalized spacial score (nSPS) is 10.6. The van der Waals surface area contributed by atoms with Gasteiger partial charge in [0.1, 0.15) is 12.3 Å². The zero-order chi connectivity index (χ0) is 13.6. The van der Waals surface area contributed by atoms with Crippen molar-refractivity contribution in [2.75, 3.05) is 6.54 Å². The molecule has 1 aromatic carbocycles. The van der Waals surface area contributed by atoms with Crippen molar-refractivity contribution in [1.29, 1.82) is 0 Å². The van der Waals surface area contributed by atoms with E-state index in [1.54, 1.807) is 18.2 Å². The topological polar surface area (TPSA) is 50.4 Å². The van der Waals surface area contributed by atoms with Crippen LogP contribution in [0.1, 0.15) is 0 Å². The molecule has 0 atom stereocenters. The van der Waals surface area contributed by atoms with Crippen molar-refractivity contribution in [2.24, 2.45) is 0 Å². The number of para-hydroxylation sites is 1. The maximum Gasteiger partial charge on any atom is 0.418 e. The van der Waals surface area contributed by atoms with Gasteiger partial charge in [-0.25, -0.2) is 4.79 Å². The molecule has 8 heteroatoms. The second kappa shape index (κ2) is 6.20. The van der Waals surface area contributed by atoms with Gasteiger partial charge in [-0.15, -0.1) is 0 Å². The van der Waals surface area contributed by atoms with Gasteiger partial charge in [-0.05, 0) is 24.4 Å². The molecule has 1 amide bonds. The lowest BCUT2D eigenvalue weighted by molar-refractivity contribution is -0.122. The molecule has 1 rings (SSSR count). The van der Waals surface area contributed by atoms with Gasteiger partial charge in [0.25, 0.3) is 0 Å². The van der Waals surface area contributed by atoms with Gasteiger partial charge in [0.2, 0.25) is 0 Å². The Morgan fingerprint density at radius 1 is 1.28 bits per heavy atom. The molecule has 0 saturated carbocycles. The van der Waals surface area contributed by atoms with E-state index in [9.17, 15) is 18.0 Å². The molecule has 0 fully saturated rings. The number of hydrogen-bond acceptors (Lipinski definition) is 3. The van der Waals surface area contributed by atoms with Crippen LogP contribution in [0.5, 0.6) is 5.75 Å². The molecule has 0 aliphatic carbocycles. The smallest absolute Gasteiger partial charge is 0.410 e. The van der Waals surface area contributed by atoms with Crippen LogP contribution >= 0.6 is 12.2 Å². The molecule has 98 valence electrons. The summed E-state index contributed by atoms with van der Waals surface area (Å²) in [7, 11) is 0. The lowest BCUT2D eigenvalue weighted by Crippen LogP contribution is -2.44. The van der Waals surface area contributed by atoms with Crippen LogP contribution in [0.4, 0.5) is 18.0 Å². The Balaban J connectivity index is 2.34. The second-order valence-corrected chi connectivity index (χ2v) is 3.53. The summed E-state index contributed by atoms with van der Waals surface area (Å²) in [6.45, 7) is -1.32.